The summed E-state index contributed by atoms with van der Waals surface area (Å²) in [5.41, 5.74) is 1.12. The van der Waals surface area contributed by atoms with Crippen LogP contribution in [0.2, 0.25) is 5.02 Å². The van der Waals surface area contributed by atoms with Gasteiger partial charge in [-0.05, 0) is 31.0 Å². The molecule has 0 unspecified atom stereocenters. The van der Waals surface area contributed by atoms with Gasteiger partial charge in [-0.25, -0.2) is 4.79 Å². The Morgan fingerprint density at radius 1 is 1.00 bits per heavy atom. The molecule has 0 bridgehead atoms. The monoisotopic (exact) mass is 295 g/mol. The Labute approximate surface area is 125 Å². The van der Waals surface area contributed by atoms with E-state index in [0.717, 1.165) is 31.6 Å². The average Bonchev–Trinajstić information content (AvgIpc) is 2.44. The van der Waals surface area contributed by atoms with Gasteiger partial charge in [0, 0.05) is 18.1 Å². The number of halogens is 1. The molecule has 20 heavy (non-hydrogen) atoms. The van der Waals surface area contributed by atoms with Gasteiger partial charge in [0.25, 0.3) is 0 Å². The van der Waals surface area contributed by atoms with Crippen molar-refractivity contribution in [3.05, 3.63) is 28.8 Å². The summed E-state index contributed by atoms with van der Waals surface area (Å²) < 4.78 is 0. The smallest absolute Gasteiger partial charge is 0.337 e. The molecule has 1 aliphatic rings. The summed E-state index contributed by atoms with van der Waals surface area (Å²) in [6.45, 7) is 1.86. The third-order valence-electron chi connectivity index (χ3n) is 3.89. The maximum absolute atomic E-state index is 11.4. The second-order valence-electron chi connectivity index (χ2n) is 5.43. The number of hydrogen-bond acceptors (Lipinski definition) is 2. The minimum Gasteiger partial charge on any atom is -0.478 e. The molecule has 1 aromatic carbocycles. The lowest BCUT2D eigenvalue weighted by Crippen LogP contribution is -2.28. The number of aromatic carboxylic acids is 1. The Morgan fingerprint density at radius 3 is 2.10 bits per heavy atom. The Morgan fingerprint density at radius 2 is 1.55 bits per heavy atom. The first kappa shape index (κ1) is 15.2. The summed E-state index contributed by atoms with van der Waals surface area (Å²) in [5, 5.41) is 9.84. The van der Waals surface area contributed by atoms with Crippen LogP contribution < -0.4 is 4.90 Å². The molecule has 0 amide bonds. The van der Waals surface area contributed by atoms with Crippen molar-refractivity contribution < 1.29 is 9.90 Å². The SMILES string of the molecule is O=C(O)c1cc(Cl)ccc1N1CCCCCCCCC1. The quantitative estimate of drug-likeness (QED) is 0.867. The van der Waals surface area contributed by atoms with Crippen molar-refractivity contribution in [1.29, 1.82) is 0 Å². The molecule has 0 saturated carbocycles. The van der Waals surface area contributed by atoms with Gasteiger partial charge < -0.3 is 10.0 Å². The van der Waals surface area contributed by atoms with Gasteiger partial charge in [0.05, 0.1) is 11.3 Å². The normalized spacial score (nSPS) is 17.8. The number of carboxylic acid groups (broad SMARTS) is 1. The first-order valence-corrected chi connectivity index (χ1v) is 7.84. The summed E-state index contributed by atoms with van der Waals surface area (Å²) in [5.74, 6) is -0.903. The van der Waals surface area contributed by atoms with Gasteiger partial charge in [0.2, 0.25) is 0 Å². The van der Waals surface area contributed by atoms with Crippen LogP contribution in [0.1, 0.15) is 55.3 Å². The highest BCUT2D eigenvalue weighted by Gasteiger charge is 2.16. The minimum absolute atomic E-state index is 0.314. The van der Waals surface area contributed by atoms with Gasteiger partial charge in [-0.15, -0.1) is 0 Å². The number of carboxylic acids is 1. The molecule has 0 aromatic heterocycles. The molecule has 2 rings (SSSR count). The first-order chi connectivity index (χ1) is 9.68. The van der Waals surface area contributed by atoms with Crippen molar-refractivity contribution in [3.8, 4) is 0 Å². The van der Waals surface area contributed by atoms with Crippen LogP contribution in [0.5, 0.6) is 0 Å². The summed E-state index contributed by atoms with van der Waals surface area (Å²) in [7, 11) is 0. The van der Waals surface area contributed by atoms with Crippen LogP contribution in [0, 0.1) is 0 Å². The lowest BCUT2D eigenvalue weighted by Gasteiger charge is -2.27. The van der Waals surface area contributed by atoms with Crippen molar-refractivity contribution in [2.75, 3.05) is 18.0 Å². The maximum Gasteiger partial charge on any atom is 0.337 e. The lowest BCUT2D eigenvalue weighted by atomic mass is 10.1. The van der Waals surface area contributed by atoms with Gasteiger partial charge in [-0.1, -0.05) is 43.7 Å². The minimum atomic E-state index is -0.903. The van der Waals surface area contributed by atoms with Crippen molar-refractivity contribution in [2.24, 2.45) is 0 Å². The van der Waals surface area contributed by atoms with Crippen LogP contribution in [0.15, 0.2) is 18.2 Å². The molecule has 3 nitrogen and oxygen atoms in total. The van der Waals surface area contributed by atoms with Gasteiger partial charge in [-0.3, -0.25) is 0 Å². The molecule has 1 aromatic rings. The fourth-order valence-electron chi connectivity index (χ4n) is 2.80. The number of benzene rings is 1. The third kappa shape index (κ3) is 4.14. The van der Waals surface area contributed by atoms with E-state index in [1.54, 1.807) is 12.1 Å². The van der Waals surface area contributed by atoms with Gasteiger partial charge in [0.1, 0.15) is 0 Å². The zero-order chi connectivity index (χ0) is 14.4. The molecule has 0 atom stereocenters. The highest BCUT2D eigenvalue weighted by atomic mass is 35.5. The largest absolute Gasteiger partial charge is 0.478 e. The molecule has 0 radical (unpaired) electrons. The average molecular weight is 296 g/mol. The van der Waals surface area contributed by atoms with E-state index < -0.39 is 5.97 Å². The van der Waals surface area contributed by atoms with E-state index in [4.69, 9.17) is 11.6 Å². The predicted molar refractivity (Wildman–Crippen MR) is 82.9 cm³/mol. The molecule has 4 heteroatoms. The lowest BCUT2D eigenvalue weighted by molar-refractivity contribution is 0.0697. The molecule has 1 N–H and O–H groups in total. The second kappa shape index (κ2) is 7.53. The Kier molecular flexibility index (Phi) is 5.72. The van der Waals surface area contributed by atoms with E-state index in [1.165, 1.54) is 32.1 Å². The van der Waals surface area contributed by atoms with Crippen LogP contribution >= 0.6 is 11.6 Å². The fourth-order valence-corrected chi connectivity index (χ4v) is 2.97. The third-order valence-corrected chi connectivity index (χ3v) is 4.12. The Hall–Kier alpha value is -1.22. The van der Waals surface area contributed by atoms with Gasteiger partial charge in [0.15, 0.2) is 0 Å². The van der Waals surface area contributed by atoms with E-state index in [1.807, 2.05) is 6.07 Å². The highest BCUT2D eigenvalue weighted by molar-refractivity contribution is 6.31. The fraction of sp³-hybridized carbons (Fsp3) is 0.562. The van der Waals surface area contributed by atoms with Gasteiger partial charge in [-0.2, -0.15) is 0 Å². The van der Waals surface area contributed by atoms with E-state index in [9.17, 15) is 9.90 Å². The highest BCUT2D eigenvalue weighted by Crippen LogP contribution is 2.26. The molecule has 1 fully saturated rings. The molecular weight excluding hydrogens is 274 g/mol. The van der Waals surface area contributed by atoms with Crippen LogP contribution in [-0.2, 0) is 0 Å². The van der Waals surface area contributed by atoms with Crippen molar-refractivity contribution in [3.63, 3.8) is 0 Å². The van der Waals surface area contributed by atoms with Crippen molar-refractivity contribution >= 4 is 23.3 Å². The van der Waals surface area contributed by atoms with Crippen molar-refractivity contribution in [1.82, 2.24) is 0 Å². The van der Waals surface area contributed by atoms with Crippen LogP contribution in [0.3, 0.4) is 0 Å². The Bertz CT molecular complexity index is 452. The Balaban J connectivity index is 2.20. The van der Waals surface area contributed by atoms with E-state index >= 15 is 0 Å². The molecule has 1 heterocycles. The number of hydrogen-bond donors (Lipinski definition) is 1. The molecule has 0 aliphatic carbocycles. The molecule has 0 spiro atoms. The zero-order valence-corrected chi connectivity index (χ0v) is 12.5. The van der Waals surface area contributed by atoms with Gasteiger partial charge >= 0.3 is 5.97 Å². The zero-order valence-electron chi connectivity index (χ0n) is 11.8. The summed E-state index contributed by atoms with van der Waals surface area (Å²) >= 11 is 5.92. The maximum atomic E-state index is 11.4. The second-order valence-corrected chi connectivity index (χ2v) is 5.86. The number of rotatable bonds is 2. The number of nitrogens with zero attached hydrogens (tertiary/aromatic N) is 1. The predicted octanol–water partition coefficient (Wildman–Crippen LogP) is 4.59. The standard InChI is InChI=1S/C16H22ClNO2/c17-13-8-9-15(14(12-13)16(19)20)18-10-6-4-2-1-3-5-7-11-18/h8-9,12H,1-7,10-11H2,(H,19,20). The topological polar surface area (TPSA) is 40.5 Å². The van der Waals surface area contributed by atoms with E-state index in [2.05, 4.69) is 4.90 Å². The van der Waals surface area contributed by atoms with Crippen molar-refractivity contribution in [2.45, 2.75) is 44.9 Å². The molecule has 110 valence electrons. The van der Waals surface area contributed by atoms with Crippen LogP contribution in [0.25, 0.3) is 0 Å². The summed E-state index contributed by atoms with van der Waals surface area (Å²) in [6, 6.07) is 5.18. The van der Waals surface area contributed by atoms with E-state index in [-0.39, 0.29) is 0 Å². The summed E-state index contributed by atoms with van der Waals surface area (Å²) in [6.07, 6.45) is 8.63. The number of anilines is 1. The number of carbonyl (C=O) groups is 1. The molecule has 1 saturated heterocycles. The van der Waals surface area contributed by atoms with Crippen LogP contribution in [-0.4, -0.2) is 24.2 Å². The van der Waals surface area contributed by atoms with Crippen LogP contribution in [0.4, 0.5) is 5.69 Å². The molecule has 1 aliphatic heterocycles. The first-order valence-electron chi connectivity index (χ1n) is 7.46. The van der Waals surface area contributed by atoms with E-state index in [0.29, 0.717) is 10.6 Å². The molecular formula is C16H22ClNO2. The summed E-state index contributed by atoms with van der Waals surface area (Å²) in [4.78, 5) is 13.6.